The van der Waals surface area contributed by atoms with Gasteiger partial charge in [-0.1, -0.05) is 30.3 Å². The second-order valence-electron chi connectivity index (χ2n) is 4.10. The predicted molar refractivity (Wildman–Crippen MR) is 59.7 cm³/mol. The van der Waals surface area contributed by atoms with Gasteiger partial charge in [-0.15, -0.1) is 0 Å². The molecule has 0 fully saturated rings. The minimum Gasteiger partial charge on any atom is -0.480 e. The van der Waals surface area contributed by atoms with Crippen LogP contribution in [0.5, 0.6) is 0 Å². The summed E-state index contributed by atoms with van der Waals surface area (Å²) in [6, 6.07) is 9.33. The maximum absolute atomic E-state index is 11.3. The third-order valence-electron chi connectivity index (χ3n) is 2.36. The molecular weight excluding hydrogens is 190 g/mol. The number of benzene rings is 1. The number of nitrogens with one attached hydrogen (secondary N) is 1. The van der Waals surface area contributed by atoms with Gasteiger partial charge in [-0.05, 0) is 26.3 Å². The van der Waals surface area contributed by atoms with Crippen LogP contribution in [0.25, 0.3) is 0 Å². The molecule has 82 valence electrons. The van der Waals surface area contributed by atoms with Crippen LogP contribution in [0.15, 0.2) is 30.3 Å². The first-order chi connectivity index (χ1) is 6.97. The molecule has 1 unspecified atom stereocenters. The molecule has 1 atom stereocenters. The van der Waals surface area contributed by atoms with E-state index in [0.29, 0.717) is 0 Å². The molecule has 0 bridgehead atoms. The molecule has 2 N–H and O–H groups in total. The summed E-state index contributed by atoms with van der Waals surface area (Å²) in [5.41, 5.74) is -0.249. The maximum Gasteiger partial charge on any atom is 0.328 e. The molecule has 0 saturated carbocycles. The Hall–Kier alpha value is -1.35. The van der Waals surface area contributed by atoms with Gasteiger partial charge in [-0.2, -0.15) is 0 Å². The summed E-state index contributed by atoms with van der Waals surface area (Å²) in [5.74, 6) is -0.859. The van der Waals surface area contributed by atoms with Gasteiger partial charge in [0.1, 0.15) is 5.54 Å². The maximum atomic E-state index is 11.3. The molecule has 3 nitrogen and oxygen atoms in total. The normalized spacial score (nSPS) is 14.9. The van der Waals surface area contributed by atoms with Crippen LogP contribution in [-0.2, 0) is 10.3 Å². The highest BCUT2D eigenvalue weighted by molar-refractivity contribution is 5.80. The van der Waals surface area contributed by atoms with E-state index in [-0.39, 0.29) is 6.04 Å². The predicted octanol–water partition coefficient (Wildman–Crippen LogP) is 1.98. The summed E-state index contributed by atoms with van der Waals surface area (Å²) in [7, 11) is 0. The zero-order valence-electron chi connectivity index (χ0n) is 9.32. The van der Waals surface area contributed by atoms with Crippen molar-refractivity contribution in [2.75, 3.05) is 0 Å². The standard InChI is InChI=1S/C12H17NO2/c1-9(2)13-12(3,11(14)15)10-7-5-4-6-8-10/h4-9,13H,1-3H3,(H,14,15). The van der Waals surface area contributed by atoms with Gasteiger partial charge in [0, 0.05) is 6.04 Å². The van der Waals surface area contributed by atoms with Crippen LogP contribution in [0.4, 0.5) is 0 Å². The fraction of sp³-hybridized carbons (Fsp3) is 0.417. The molecule has 0 heterocycles. The molecule has 15 heavy (non-hydrogen) atoms. The van der Waals surface area contributed by atoms with Gasteiger partial charge in [0.15, 0.2) is 0 Å². The molecule has 1 aromatic rings. The van der Waals surface area contributed by atoms with Crippen molar-refractivity contribution in [3.63, 3.8) is 0 Å². The van der Waals surface area contributed by atoms with Crippen LogP contribution in [-0.4, -0.2) is 17.1 Å². The van der Waals surface area contributed by atoms with Gasteiger partial charge in [0.25, 0.3) is 0 Å². The van der Waals surface area contributed by atoms with Crippen molar-refractivity contribution < 1.29 is 9.90 Å². The Kier molecular flexibility index (Phi) is 3.48. The molecule has 0 spiro atoms. The zero-order valence-corrected chi connectivity index (χ0v) is 9.32. The van der Waals surface area contributed by atoms with Gasteiger partial charge in [0.05, 0.1) is 0 Å². The Labute approximate surface area is 90.1 Å². The lowest BCUT2D eigenvalue weighted by molar-refractivity contribution is -0.144. The Bertz CT molecular complexity index is 335. The summed E-state index contributed by atoms with van der Waals surface area (Å²) in [6.07, 6.45) is 0. The summed E-state index contributed by atoms with van der Waals surface area (Å²) in [4.78, 5) is 11.3. The van der Waals surface area contributed by atoms with E-state index in [1.54, 1.807) is 6.92 Å². The van der Waals surface area contributed by atoms with Gasteiger partial charge in [-0.25, -0.2) is 4.79 Å². The van der Waals surface area contributed by atoms with E-state index in [0.717, 1.165) is 5.56 Å². The average molecular weight is 207 g/mol. The number of carboxylic acid groups (broad SMARTS) is 1. The summed E-state index contributed by atoms with van der Waals surface area (Å²) >= 11 is 0. The molecule has 0 aliphatic rings. The number of hydrogen-bond acceptors (Lipinski definition) is 2. The SMILES string of the molecule is CC(C)NC(C)(C(=O)O)c1ccccc1. The highest BCUT2D eigenvalue weighted by atomic mass is 16.4. The van der Waals surface area contributed by atoms with Crippen molar-refractivity contribution in [3.8, 4) is 0 Å². The van der Waals surface area contributed by atoms with Gasteiger partial charge in [0.2, 0.25) is 0 Å². The Morgan fingerprint density at radius 1 is 1.33 bits per heavy atom. The van der Waals surface area contributed by atoms with Crippen molar-refractivity contribution in [1.82, 2.24) is 5.32 Å². The van der Waals surface area contributed by atoms with E-state index in [1.165, 1.54) is 0 Å². The number of carboxylic acids is 1. The number of carbonyl (C=O) groups is 1. The molecular formula is C12H17NO2. The van der Waals surface area contributed by atoms with Crippen molar-refractivity contribution >= 4 is 5.97 Å². The molecule has 0 amide bonds. The quantitative estimate of drug-likeness (QED) is 0.793. The second kappa shape index (κ2) is 4.45. The van der Waals surface area contributed by atoms with Crippen molar-refractivity contribution in [1.29, 1.82) is 0 Å². The van der Waals surface area contributed by atoms with Gasteiger partial charge < -0.3 is 5.11 Å². The molecule has 0 aliphatic heterocycles. The Morgan fingerprint density at radius 3 is 2.27 bits per heavy atom. The molecule has 1 rings (SSSR count). The van der Waals surface area contributed by atoms with Crippen LogP contribution >= 0.6 is 0 Å². The number of aliphatic carboxylic acids is 1. The third-order valence-corrected chi connectivity index (χ3v) is 2.36. The van der Waals surface area contributed by atoms with Crippen LogP contribution in [0.1, 0.15) is 26.3 Å². The van der Waals surface area contributed by atoms with Crippen molar-refractivity contribution in [3.05, 3.63) is 35.9 Å². The van der Waals surface area contributed by atoms with Gasteiger partial charge >= 0.3 is 5.97 Å². The first-order valence-corrected chi connectivity index (χ1v) is 5.03. The lowest BCUT2D eigenvalue weighted by Gasteiger charge is -2.29. The second-order valence-corrected chi connectivity index (χ2v) is 4.10. The van der Waals surface area contributed by atoms with E-state index < -0.39 is 11.5 Å². The van der Waals surface area contributed by atoms with Gasteiger partial charge in [-0.3, -0.25) is 5.32 Å². The minimum absolute atomic E-state index is 0.117. The topological polar surface area (TPSA) is 49.3 Å². The Balaban J connectivity index is 3.07. The average Bonchev–Trinajstić information content (AvgIpc) is 2.17. The number of rotatable bonds is 4. The highest BCUT2D eigenvalue weighted by Crippen LogP contribution is 2.21. The van der Waals surface area contributed by atoms with E-state index in [9.17, 15) is 9.90 Å². The Morgan fingerprint density at radius 2 is 1.87 bits per heavy atom. The molecule has 3 heteroatoms. The lowest BCUT2D eigenvalue weighted by Crippen LogP contribution is -2.49. The molecule has 0 aliphatic carbocycles. The molecule has 0 saturated heterocycles. The van der Waals surface area contributed by atoms with E-state index in [2.05, 4.69) is 5.32 Å². The zero-order chi connectivity index (χ0) is 11.5. The largest absolute Gasteiger partial charge is 0.480 e. The first-order valence-electron chi connectivity index (χ1n) is 5.03. The van der Waals surface area contributed by atoms with Crippen molar-refractivity contribution in [2.24, 2.45) is 0 Å². The van der Waals surface area contributed by atoms with E-state index >= 15 is 0 Å². The third kappa shape index (κ3) is 2.57. The number of hydrogen-bond donors (Lipinski definition) is 2. The fourth-order valence-electron chi connectivity index (χ4n) is 1.62. The fourth-order valence-corrected chi connectivity index (χ4v) is 1.62. The molecule has 0 aromatic heterocycles. The van der Waals surface area contributed by atoms with Crippen LogP contribution < -0.4 is 5.32 Å². The lowest BCUT2D eigenvalue weighted by atomic mass is 9.91. The highest BCUT2D eigenvalue weighted by Gasteiger charge is 2.35. The first kappa shape index (κ1) is 11.7. The van der Waals surface area contributed by atoms with Crippen molar-refractivity contribution in [2.45, 2.75) is 32.4 Å². The molecule has 1 aromatic carbocycles. The smallest absolute Gasteiger partial charge is 0.328 e. The monoisotopic (exact) mass is 207 g/mol. The molecule has 0 radical (unpaired) electrons. The summed E-state index contributed by atoms with van der Waals surface area (Å²) in [6.45, 7) is 5.55. The van der Waals surface area contributed by atoms with Crippen LogP contribution in [0.2, 0.25) is 0 Å². The van der Waals surface area contributed by atoms with E-state index in [1.807, 2.05) is 44.2 Å². The van der Waals surface area contributed by atoms with E-state index in [4.69, 9.17) is 0 Å². The summed E-state index contributed by atoms with van der Waals surface area (Å²) in [5, 5.41) is 12.3. The minimum atomic E-state index is -1.02. The van der Waals surface area contributed by atoms with Crippen LogP contribution in [0, 0.1) is 0 Å². The summed E-state index contributed by atoms with van der Waals surface area (Å²) < 4.78 is 0. The van der Waals surface area contributed by atoms with Crippen LogP contribution in [0.3, 0.4) is 0 Å².